The standard InChI is InChI=1S/C14H19BrN2O2/c1-10(16)12-8-11(15)4-5-13(12)19-9-14(18)17-6-2-3-7-17/h4-5,8,10H,2-3,6-7,9,16H2,1H3/t10-/m0/s1. The number of nitrogens with two attached hydrogens (primary N) is 1. The van der Waals surface area contributed by atoms with Gasteiger partial charge in [0.1, 0.15) is 5.75 Å². The number of amides is 1. The van der Waals surface area contributed by atoms with Gasteiger partial charge >= 0.3 is 0 Å². The Morgan fingerprint density at radius 2 is 2.16 bits per heavy atom. The second kappa shape index (κ2) is 6.39. The maximum absolute atomic E-state index is 11.9. The zero-order chi connectivity index (χ0) is 13.8. The van der Waals surface area contributed by atoms with Gasteiger partial charge in [0.2, 0.25) is 0 Å². The van der Waals surface area contributed by atoms with Crippen LogP contribution >= 0.6 is 15.9 Å². The van der Waals surface area contributed by atoms with Crippen molar-refractivity contribution in [2.24, 2.45) is 5.73 Å². The van der Waals surface area contributed by atoms with E-state index in [-0.39, 0.29) is 18.6 Å². The molecule has 104 valence electrons. The lowest BCUT2D eigenvalue weighted by Crippen LogP contribution is -2.32. The van der Waals surface area contributed by atoms with Crippen molar-refractivity contribution < 1.29 is 9.53 Å². The molecular weight excluding hydrogens is 308 g/mol. The number of nitrogens with zero attached hydrogens (tertiary/aromatic N) is 1. The molecule has 0 aliphatic carbocycles. The molecule has 1 atom stereocenters. The van der Waals surface area contributed by atoms with Crippen LogP contribution in [0.2, 0.25) is 0 Å². The molecule has 1 aliphatic heterocycles. The molecule has 1 saturated heterocycles. The van der Waals surface area contributed by atoms with Crippen molar-refractivity contribution in [2.75, 3.05) is 19.7 Å². The number of benzene rings is 1. The maximum Gasteiger partial charge on any atom is 0.260 e. The van der Waals surface area contributed by atoms with Gasteiger partial charge in [-0.1, -0.05) is 15.9 Å². The first kappa shape index (κ1) is 14.3. The summed E-state index contributed by atoms with van der Waals surface area (Å²) < 4.78 is 6.59. The fourth-order valence-corrected chi connectivity index (χ4v) is 2.58. The van der Waals surface area contributed by atoms with Crippen molar-refractivity contribution in [3.05, 3.63) is 28.2 Å². The number of likely N-dealkylation sites (tertiary alicyclic amines) is 1. The summed E-state index contributed by atoms with van der Waals surface area (Å²) in [5.74, 6) is 0.738. The van der Waals surface area contributed by atoms with E-state index in [2.05, 4.69) is 15.9 Å². The number of carbonyl (C=O) groups excluding carboxylic acids is 1. The molecule has 0 unspecified atom stereocenters. The molecule has 1 heterocycles. The molecule has 0 radical (unpaired) electrons. The molecule has 0 spiro atoms. The number of carbonyl (C=O) groups is 1. The van der Waals surface area contributed by atoms with E-state index >= 15 is 0 Å². The second-order valence-corrected chi connectivity index (χ2v) is 5.76. The highest BCUT2D eigenvalue weighted by atomic mass is 79.9. The summed E-state index contributed by atoms with van der Waals surface area (Å²) in [4.78, 5) is 13.8. The molecule has 1 fully saturated rings. The number of hydrogen-bond acceptors (Lipinski definition) is 3. The Bertz CT molecular complexity index is 457. The number of rotatable bonds is 4. The lowest BCUT2D eigenvalue weighted by Gasteiger charge is -2.18. The third-order valence-corrected chi connectivity index (χ3v) is 3.77. The van der Waals surface area contributed by atoms with Crippen molar-refractivity contribution in [1.29, 1.82) is 0 Å². The van der Waals surface area contributed by atoms with Crippen LogP contribution in [0.3, 0.4) is 0 Å². The fourth-order valence-electron chi connectivity index (χ4n) is 2.20. The van der Waals surface area contributed by atoms with Crippen LogP contribution in [0, 0.1) is 0 Å². The Hall–Kier alpha value is -1.07. The molecule has 1 aromatic rings. The van der Waals surface area contributed by atoms with Gasteiger partial charge in [0, 0.05) is 29.2 Å². The molecule has 1 amide bonds. The monoisotopic (exact) mass is 326 g/mol. The van der Waals surface area contributed by atoms with Crippen LogP contribution < -0.4 is 10.5 Å². The Morgan fingerprint density at radius 3 is 2.79 bits per heavy atom. The normalized spacial score (nSPS) is 16.5. The first-order valence-corrected chi connectivity index (χ1v) is 7.33. The minimum Gasteiger partial charge on any atom is -0.483 e. The Morgan fingerprint density at radius 1 is 1.47 bits per heavy atom. The van der Waals surface area contributed by atoms with Crippen LogP contribution in [0.15, 0.2) is 22.7 Å². The molecule has 2 rings (SSSR count). The molecule has 1 aromatic carbocycles. The fraction of sp³-hybridized carbons (Fsp3) is 0.500. The third kappa shape index (κ3) is 3.70. The quantitative estimate of drug-likeness (QED) is 0.924. The van der Waals surface area contributed by atoms with Crippen LogP contribution in [-0.2, 0) is 4.79 Å². The highest BCUT2D eigenvalue weighted by Gasteiger charge is 2.19. The first-order chi connectivity index (χ1) is 9.08. The summed E-state index contributed by atoms with van der Waals surface area (Å²) in [6.45, 7) is 3.68. The number of ether oxygens (including phenoxy) is 1. The summed E-state index contributed by atoms with van der Waals surface area (Å²) in [5, 5.41) is 0. The van der Waals surface area contributed by atoms with E-state index in [9.17, 15) is 4.79 Å². The predicted octanol–water partition coefficient (Wildman–Crippen LogP) is 2.47. The zero-order valence-corrected chi connectivity index (χ0v) is 12.6. The van der Waals surface area contributed by atoms with Crippen molar-refractivity contribution in [3.63, 3.8) is 0 Å². The summed E-state index contributed by atoms with van der Waals surface area (Å²) >= 11 is 3.41. The van der Waals surface area contributed by atoms with Gasteiger partial charge < -0.3 is 15.4 Å². The first-order valence-electron chi connectivity index (χ1n) is 6.53. The molecule has 0 saturated carbocycles. The minimum absolute atomic E-state index is 0.0519. The predicted molar refractivity (Wildman–Crippen MR) is 78.1 cm³/mol. The van der Waals surface area contributed by atoms with E-state index in [1.165, 1.54) is 0 Å². The summed E-state index contributed by atoms with van der Waals surface area (Å²) in [5.41, 5.74) is 6.82. The van der Waals surface area contributed by atoms with Crippen LogP contribution in [0.1, 0.15) is 31.4 Å². The largest absolute Gasteiger partial charge is 0.483 e. The average molecular weight is 327 g/mol. The van der Waals surface area contributed by atoms with Gasteiger partial charge in [0.05, 0.1) is 0 Å². The Labute approximate surface area is 122 Å². The van der Waals surface area contributed by atoms with Crippen LogP contribution in [0.5, 0.6) is 5.75 Å². The molecule has 19 heavy (non-hydrogen) atoms. The van der Waals surface area contributed by atoms with Gasteiger partial charge in [-0.3, -0.25) is 4.79 Å². The van der Waals surface area contributed by atoms with Gasteiger partial charge in [0.15, 0.2) is 6.61 Å². The van der Waals surface area contributed by atoms with E-state index in [1.807, 2.05) is 30.0 Å². The Kier molecular flexibility index (Phi) is 4.82. The average Bonchev–Trinajstić information content (AvgIpc) is 2.90. The molecule has 0 bridgehead atoms. The highest BCUT2D eigenvalue weighted by Crippen LogP contribution is 2.27. The summed E-state index contributed by atoms with van der Waals surface area (Å²) in [6.07, 6.45) is 2.18. The van der Waals surface area contributed by atoms with Gasteiger partial charge in [0.25, 0.3) is 5.91 Å². The number of hydrogen-bond donors (Lipinski definition) is 1. The molecule has 0 aromatic heterocycles. The van der Waals surface area contributed by atoms with Gasteiger partial charge in [-0.2, -0.15) is 0 Å². The molecule has 1 aliphatic rings. The van der Waals surface area contributed by atoms with Crippen molar-refractivity contribution >= 4 is 21.8 Å². The van der Waals surface area contributed by atoms with Crippen LogP contribution in [-0.4, -0.2) is 30.5 Å². The van der Waals surface area contributed by atoms with Gasteiger partial charge in [-0.15, -0.1) is 0 Å². The summed E-state index contributed by atoms with van der Waals surface area (Å²) in [7, 11) is 0. The molecular formula is C14H19BrN2O2. The lowest BCUT2D eigenvalue weighted by molar-refractivity contribution is -0.132. The van der Waals surface area contributed by atoms with E-state index in [1.54, 1.807) is 0 Å². The molecule has 4 nitrogen and oxygen atoms in total. The maximum atomic E-state index is 11.9. The van der Waals surface area contributed by atoms with Crippen LogP contribution in [0.25, 0.3) is 0 Å². The lowest BCUT2D eigenvalue weighted by atomic mass is 10.1. The van der Waals surface area contributed by atoms with Crippen molar-refractivity contribution in [1.82, 2.24) is 4.90 Å². The van der Waals surface area contributed by atoms with E-state index < -0.39 is 0 Å². The van der Waals surface area contributed by atoms with Crippen molar-refractivity contribution in [2.45, 2.75) is 25.8 Å². The van der Waals surface area contributed by atoms with E-state index in [0.717, 1.165) is 36.0 Å². The summed E-state index contributed by atoms with van der Waals surface area (Å²) in [6, 6.07) is 5.54. The SMILES string of the molecule is C[C@H](N)c1cc(Br)ccc1OCC(=O)N1CCCC1. The second-order valence-electron chi connectivity index (χ2n) is 4.85. The smallest absolute Gasteiger partial charge is 0.260 e. The van der Waals surface area contributed by atoms with E-state index in [0.29, 0.717) is 5.75 Å². The van der Waals surface area contributed by atoms with E-state index in [4.69, 9.17) is 10.5 Å². The highest BCUT2D eigenvalue weighted by molar-refractivity contribution is 9.10. The Balaban J connectivity index is 2.00. The van der Waals surface area contributed by atoms with Crippen LogP contribution in [0.4, 0.5) is 0 Å². The topological polar surface area (TPSA) is 55.6 Å². The minimum atomic E-state index is -0.130. The molecule has 5 heteroatoms. The number of halogens is 1. The van der Waals surface area contributed by atoms with Gasteiger partial charge in [-0.25, -0.2) is 0 Å². The third-order valence-electron chi connectivity index (χ3n) is 3.27. The van der Waals surface area contributed by atoms with Crippen molar-refractivity contribution in [3.8, 4) is 5.75 Å². The zero-order valence-electron chi connectivity index (χ0n) is 11.1. The molecule has 2 N–H and O–H groups in total. The van der Waals surface area contributed by atoms with Gasteiger partial charge in [-0.05, 0) is 38.0 Å².